The molecule has 0 spiro atoms. The first-order valence-electron chi connectivity index (χ1n) is 7.44. The van der Waals surface area contributed by atoms with Gasteiger partial charge >= 0.3 is 0 Å². The fourth-order valence-corrected chi connectivity index (χ4v) is 2.06. The van der Waals surface area contributed by atoms with Crippen molar-refractivity contribution in [1.82, 2.24) is 10.4 Å². The van der Waals surface area contributed by atoms with Crippen molar-refractivity contribution in [1.29, 1.82) is 0 Å². The first-order valence-corrected chi connectivity index (χ1v) is 7.44. The first-order chi connectivity index (χ1) is 12.6. The molecule has 1 heterocycles. The SMILES string of the molecule is O=C(NNc1ccc(F)c(F)c1F)c1cccnc1Oc1ccccc1. The maximum absolute atomic E-state index is 13.6. The van der Waals surface area contributed by atoms with E-state index in [2.05, 4.69) is 15.8 Å². The Kier molecular flexibility index (Phi) is 5.02. The van der Waals surface area contributed by atoms with Gasteiger partial charge in [0.15, 0.2) is 17.5 Å². The zero-order valence-electron chi connectivity index (χ0n) is 13.2. The third-order valence-electron chi connectivity index (χ3n) is 3.32. The van der Waals surface area contributed by atoms with E-state index in [9.17, 15) is 18.0 Å². The minimum Gasteiger partial charge on any atom is -0.438 e. The van der Waals surface area contributed by atoms with E-state index in [-0.39, 0.29) is 11.4 Å². The Bertz CT molecular complexity index is 936. The Morgan fingerprint density at radius 2 is 1.69 bits per heavy atom. The molecule has 0 aliphatic rings. The van der Waals surface area contributed by atoms with E-state index in [1.54, 1.807) is 30.3 Å². The van der Waals surface area contributed by atoms with Crippen molar-refractivity contribution in [2.45, 2.75) is 0 Å². The Balaban J connectivity index is 1.75. The van der Waals surface area contributed by atoms with E-state index in [0.29, 0.717) is 5.75 Å². The smallest absolute Gasteiger partial charge is 0.275 e. The number of carbonyl (C=O) groups excluding carboxylic acids is 1. The number of hydrazine groups is 1. The average molecular weight is 359 g/mol. The molecule has 5 nitrogen and oxygen atoms in total. The van der Waals surface area contributed by atoms with Gasteiger partial charge in [0.1, 0.15) is 11.3 Å². The summed E-state index contributed by atoms with van der Waals surface area (Å²) in [6.07, 6.45) is 1.44. The standard InChI is InChI=1S/C18H12F3N3O2/c19-13-8-9-14(16(21)15(13)20)23-24-17(25)12-7-4-10-22-18(12)26-11-5-2-1-3-6-11/h1-10,23H,(H,24,25). The summed E-state index contributed by atoms with van der Waals surface area (Å²) in [6, 6.07) is 13.3. The minimum absolute atomic E-state index is 0.0313. The van der Waals surface area contributed by atoms with Crippen LogP contribution in [0.15, 0.2) is 60.8 Å². The molecule has 3 aromatic rings. The van der Waals surface area contributed by atoms with Crippen molar-refractivity contribution in [3.05, 3.63) is 83.8 Å². The van der Waals surface area contributed by atoms with Gasteiger partial charge < -0.3 is 4.74 Å². The number of aromatic nitrogens is 1. The number of anilines is 1. The molecule has 3 rings (SSSR count). The molecule has 1 amide bonds. The second-order valence-corrected chi connectivity index (χ2v) is 5.07. The largest absolute Gasteiger partial charge is 0.438 e. The molecule has 26 heavy (non-hydrogen) atoms. The molecule has 0 aliphatic carbocycles. The highest BCUT2D eigenvalue weighted by atomic mass is 19.2. The van der Waals surface area contributed by atoms with Gasteiger partial charge in [-0.3, -0.25) is 15.6 Å². The monoisotopic (exact) mass is 359 g/mol. The summed E-state index contributed by atoms with van der Waals surface area (Å²) in [5, 5.41) is 0. The molecule has 0 saturated carbocycles. The summed E-state index contributed by atoms with van der Waals surface area (Å²) in [6.45, 7) is 0. The first kappa shape index (κ1) is 17.3. The van der Waals surface area contributed by atoms with E-state index in [4.69, 9.17) is 4.74 Å². The molecule has 0 atom stereocenters. The van der Waals surface area contributed by atoms with Crippen LogP contribution in [-0.4, -0.2) is 10.9 Å². The van der Waals surface area contributed by atoms with Gasteiger partial charge in [0, 0.05) is 6.20 Å². The zero-order chi connectivity index (χ0) is 18.5. The summed E-state index contributed by atoms with van der Waals surface area (Å²) in [4.78, 5) is 16.3. The van der Waals surface area contributed by atoms with Crippen molar-refractivity contribution in [3.8, 4) is 11.6 Å². The summed E-state index contributed by atoms with van der Waals surface area (Å²) in [7, 11) is 0. The predicted molar refractivity (Wildman–Crippen MR) is 88.2 cm³/mol. The number of para-hydroxylation sites is 1. The lowest BCUT2D eigenvalue weighted by atomic mass is 10.2. The third-order valence-corrected chi connectivity index (χ3v) is 3.32. The highest BCUT2D eigenvalue weighted by molar-refractivity contribution is 5.97. The Morgan fingerprint density at radius 1 is 0.923 bits per heavy atom. The quantitative estimate of drug-likeness (QED) is 0.533. The van der Waals surface area contributed by atoms with Crippen LogP contribution in [0, 0.1) is 17.5 Å². The number of nitrogens with zero attached hydrogens (tertiary/aromatic N) is 1. The van der Waals surface area contributed by atoms with Crippen LogP contribution in [0.3, 0.4) is 0 Å². The number of hydrogen-bond donors (Lipinski definition) is 2. The molecule has 0 unspecified atom stereocenters. The third kappa shape index (κ3) is 3.75. The molecule has 0 aliphatic heterocycles. The second-order valence-electron chi connectivity index (χ2n) is 5.07. The van der Waals surface area contributed by atoms with Crippen LogP contribution in [0.25, 0.3) is 0 Å². The predicted octanol–water partition coefficient (Wildman–Crippen LogP) is 4.05. The molecule has 0 fully saturated rings. The fourth-order valence-electron chi connectivity index (χ4n) is 2.06. The van der Waals surface area contributed by atoms with Gasteiger partial charge in [0.25, 0.3) is 5.91 Å². The van der Waals surface area contributed by atoms with Crippen molar-refractivity contribution >= 4 is 11.6 Å². The van der Waals surface area contributed by atoms with E-state index >= 15 is 0 Å². The molecule has 2 N–H and O–H groups in total. The lowest BCUT2D eigenvalue weighted by Crippen LogP contribution is -2.30. The van der Waals surface area contributed by atoms with Gasteiger partial charge in [-0.05, 0) is 36.4 Å². The Hall–Kier alpha value is -3.55. The van der Waals surface area contributed by atoms with Crippen LogP contribution in [0.5, 0.6) is 11.6 Å². The van der Waals surface area contributed by atoms with Crippen LogP contribution < -0.4 is 15.6 Å². The number of nitrogens with one attached hydrogen (secondary N) is 2. The molecular formula is C18H12F3N3O2. The zero-order valence-corrected chi connectivity index (χ0v) is 13.2. The van der Waals surface area contributed by atoms with E-state index in [1.165, 1.54) is 18.3 Å². The van der Waals surface area contributed by atoms with E-state index in [1.807, 2.05) is 0 Å². The topological polar surface area (TPSA) is 63.2 Å². The molecule has 1 aromatic heterocycles. The molecule has 0 bridgehead atoms. The molecule has 0 saturated heterocycles. The molecule has 132 valence electrons. The highest BCUT2D eigenvalue weighted by Gasteiger charge is 2.17. The summed E-state index contributed by atoms with van der Waals surface area (Å²) in [5.74, 6) is -4.61. The van der Waals surface area contributed by atoms with Gasteiger partial charge in [-0.1, -0.05) is 18.2 Å². The van der Waals surface area contributed by atoms with Crippen LogP contribution in [-0.2, 0) is 0 Å². The number of amides is 1. The molecule has 2 aromatic carbocycles. The Labute approximate surface area is 146 Å². The van der Waals surface area contributed by atoms with Gasteiger partial charge in [-0.25, -0.2) is 18.2 Å². The maximum atomic E-state index is 13.6. The number of carbonyl (C=O) groups is 1. The lowest BCUT2D eigenvalue weighted by Gasteiger charge is -2.12. The van der Waals surface area contributed by atoms with Crippen molar-refractivity contribution < 1.29 is 22.7 Å². The summed E-state index contributed by atoms with van der Waals surface area (Å²) >= 11 is 0. The van der Waals surface area contributed by atoms with Gasteiger partial charge in [0.05, 0.1) is 5.69 Å². The van der Waals surface area contributed by atoms with E-state index < -0.39 is 29.0 Å². The average Bonchev–Trinajstić information content (AvgIpc) is 2.66. The number of benzene rings is 2. The summed E-state index contributed by atoms with van der Waals surface area (Å²) in [5.41, 5.74) is 4.03. The minimum atomic E-state index is -1.64. The highest BCUT2D eigenvalue weighted by Crippen LogP contribution is 2.23. The number of hydrogen-bond acceptors (Lipinski definition) is 4. The van der Waals surface area contributed by atoms with Crippen LogP contribution in [0.2, 0.25) is 0 Å². The fraction of sp³-hybridized carbons (Fsp3) is 0. The van der Waals surface area contributed by atoms with E-state index in [0.717, 1.165) is 12.1 Å². The molecular weight excluding hydrogens is 347 g/mol. The van der Waals surface area contributed by atoms with Gasteiger partial charge in [-0.2, -0.15) is 0 Å². The molecule has 0 radical (unpaired) electrons. The van der Waals surface area contributed by atoms with Crippen molar-refractivity contribution in [2.24, 2.45) is 0 Å². The van der Waals surface area contributed by atoms with Gasteiger partial charge in [0.2, 0.25) is 5.88 Å². The van der Waals surface area contributed by atoms with Crippen molar-refractivity contribution in [2.75, 3.05) is 5.43 Å². The van der Waals surface area contributed by atoms with Crippen molar-refractivity contribution in [3.63, 3.8) is 0 Å². The van der Waals surface area contributed by atoms with Gasteiger partial charge in [-0.15, -0.1) is 0 Å². The number of rotatable bonds is 5. The normalized spacial score (nSPS) is 10.3. The lowest BCUT2D eigenvalue weighted by molar-refractivity contribution is 0.0959. The maximum Gasteiger partial charge on any atom is 0.275 e. The second kappa shape index (κ2) is 7.56. The van der Waals surface area contributed by atoms with Crippen LogP contribution in [0.4, 0.5) is 18.9 Å². The molecule has 8 heteroatoms. The number of halogens is 3. The number of pyridine rings is 1. The van der Waals surface area contributed by atoms with Crippen LogP contribution in [0.1, 0.15) is 10.4 Å². The number of ether oxygens (including phenoxy) is 1. The van der Waals surface area contributed by atoms with Crippen LogP contribution >= 0.6 is 0 Å². The Morgan fingerprint density at radius 3 is 2.46 bits per heavy atom. The summed E-state index contributed by atoms with van der Waals surface area (Å²) < 4.78 is 45.3.